The van der Waals surface area contributed by atoms with Gasteiger partial charge >= 0.3 is 5.69 Å². The molecule has 0 saturated heterocycles. The lowest BCUT2D eigenvalue weighted by atomic mass is 9.89. The molecule has 1 N–H and O–H groups in total. The van der Waals surface area contributed by atoms with Gasteiger partial charge in [-0.2, -0.15) is 5.10 Å². The van der Waals surface area contributed by atoms with Gasteiger partial charge in [-0.05, 0) is 37.0 Å². The van der Waals surface area contributed by atoms with Crippen molar-refractivity contribution in [2.24, 2.45) is 24.8 Å². The van der Waals surface area contributed by atoms with Gasteiger partial charge in [0.05, 0.1) is 4.92 Å². The second kappa shape index (κ2) is 5.31. The number of fused-ring (bicyclic) bond motifs is 2. The Labute approximate surface area is 125 Å². The largest absolute Gasteiger partial charge is 0.364 e. The molecule has 1 aromatic rings. The summed E-state index contributed by atoms with van der Waals surface area (Å²) in [4.78, 5) is 11.1. The van der Waals surface area contributed by atoms with E-state index in [1.807, 2.05) is 13.8 Å². The standard InChI is InChI=1S/C15H24N4O2/c1-9(2)13-14(19(20)21)15(18(3)17-13)16-8-12-7-10-4-5-11(12)6-10/h9-12,16H,4-8H2,1-3H3. The lowest BCUT2D eigenvalue weighted by molar-refractivity contribution is -0.384. The summed E-state index contributed by atoms with van der Waals surface area (Å²) in [6.45, 7) is 4.71. The number of aryl methyl sites for hydroxylation is 1. The van der Waals surface area contributed by atoms with Gasteiger partial charge in [0.25, 0.3) is 0 Å². The molecule has 3 rings (SSSR count). The first kappa shape index (κ1) is 14.4. The second-order valence-corrected chi connectivity index (χ2v) is 6.93. The number of hydrogen-bond donors (Lipinski definition) is 1. The van der Waals surface area contributed by atoms with E-state index in [2.05, 4.69) is 10.4 Å². The van der Waals surface area contributed by atoms with Crippen LogP contribution in [0.2, 0.25) is 0 Å². The molecule has 2 bridgehead atoms. The molecule has 0 aliphatic heterocycles. The first-order valence-corrected chi connectivity index (χ1v) is 7.92. The van der Waals surface area contributed by atoms with Crippen molar-refractivity contribution in [1.29, 1.82) is 0 Å². The summed E-state index contributed by atoms with van der Waals surface area (Å²) >= 11 is 0. The molecule has 0 radical (unpaired) electrons. The molecule has 2 aliphatic rings. The summed E-state index contributed by atoms with van der Waals surface area (Å²) in [6.07, 6.45) is 5.35. The predicted octanol–water partition coefficient (Wildman–Crippen LogP) is 3.30. The van der Waals surface area contributed by atoms with Crippen molar-refractivity contribution in [2.75, 3.05) is 11.9 Å². The third kappa shape index (κ3) is 2.51. The summed E-state index contributed by atoms with van der Waals surface area (Å²) in [5, 5.41) is 19.1. The number of aromatic nitrogens is 2. The van der Waals surface area contributed by atoms with Crippen molar-refractivity contribution in [1.82, 2.24) is 9.78 Å². The molecular formula is C15H24N4O2. The van der Waals surface area contributed by atoms with Crippen LogP contribution in [0, 0.1) is 27.9 Å². The van der Waals surface area contributed by atoms with E-state index >= 15 is 0 Å². The van der Waals surface area contributed by atoms with Gasteiger partial charge in [0.2, 0.25) is 5.82 Å². The van der Waals surface area contributed by atoms with Gasteiger partial charge in [0, 0.05) is 19.5 Å². The molecule has 0 aromatic carbocycles. The molecule has 0 spiro atoms. The van der Waals surface area contributed by atoms with Crippen LogP contribution in [-0.4, -0.2) is 21.2 Å². The zero-order valence-corrected chi connectivity index (χ0v) is 13.0. The van der Waals surface area contributed by atoms with Crippen molar-refractivity contribution in [3.8, 4) is 0 Å². The fraction of sp³-hybridized carbons (Fsp3) is 0.800. The average molecular weight is 292 g/mol. The number of nitro groups is 1. The highest BCUT2D eigenvalue weighted by molar-refractivity contribution is 5.60. The lowest BCUT2D eigenvalue weighted by Crippen LogP contribution is -2.21. The highest BCUT2D eigenvalue weighted by Gasteiger charge is 2.39. The van der Waals surface area contributed by atoms with E-state index in [0.29, 0.717) is 17.4 Å². The Morgan fingerprint density at radius 1 is 1.43 bits per heavy atom. The molecule has 2 saturated carbocycles. The third-order valence-corrected chi connectivity index (χ3v) is 5.19. The zero-order valence-electron chi connectivity index (χ0n) is 13.0. The first-order valence-electron chi connectivity index (χ1n) is 7.92. The van der Waals surface area contributed by atoms with Gasteiger partial charge in [-0.25, -0.2) is 4.68 Å². The van der Waals surface area contributed by atoms with E-state index in [4.69, 9.17) is 0 Å². The maximum absolute atomic E-state index is 11.4. The molecule has 3 unspecified atom stereocenters. The van der Waals surface area contributed by atoms with Crippen LogP contribution in [0.4, 0.5) is 11.5 Å². The van der Waals surface area contributed by atoms with Crippen LogP contribution in [-0.2, 0) is 7.05 Å². The molecule has 2 fully saturated rings. The molecule has 1 heterocycles. The Morgan fingerprint density at radius 3 is 2.71 bits per heavy atom. The highest BCUT2D eigenvalue weighted by Crippen LogP contribution is 2.48. The Hall–Kier alpha value is -1.59. The summed E-state index contributed by atoms with van der Waals surface area (Å²) in [5.74, 6) is 3.00. The van der Waals surface area contributed by atoms with Crippen LogP contribution in [0.5, 0.6) is 0 Å². The Balaban J connectivity index is 1.77. The average Bonchev–Trinajstić information content (AvgIpc) is 3.09. The molecule has 2 aliphatic carbocycles. The highest BCUT2D eigenvalue weighted by atomic mass is 16.6. The molecule has 0 amide bonds. The zero-order chi connectivity index (χ0) is 15.1. The second-order valence-electron chi connectivity index (χ2n) is 6.93. The van der Waals surface area contributed by atoms with Crippen molar-refractivity contribution in [2.45, 2.75) is 45.4 Å². The van der Waals surface area contributed by atoms with Gasteiger partial charge in [-0.3, -0.25) is 10.1 Å². The normalized spacial score (nSPS) is 27.5. The summed E-state index contributed by atoms with van der Waals surface area (Å²) < 4.78 is 1.63. The fourth-order valence-electron chi connectivity index (χ4n) is 4.15. The Kier molecular flexibility index (Phi) is 3.63. The van der Waals surface area contributed by atoms with E-state index in [9.17, 15) is 10.1 Å². The minimum absolute atomic E-state index is 0.0506. The predicted molar refractivity (Wildman–Crippen MR) is 81.4 cm³/mol. The van der Waals surface area contributed by atoms with Crippen LogP contribution in [0.1, 0.15) is 51.1 Å². The minimum atomic E-state index is -0.300. The van der Waals surface area contributed by atoms with E-state index in [0.717, 1.165) is 18.4 Å². The summed E-state index contributed by atoms with van der Waals surface area (Å²) in [5.41, 5.74) is 0.716. The van der Waals surface area contributed by atoms with E-state index in [1.54, 1.807) is 11.7 Å². The topological polar surface area (TPSA) is 73.0 Å². The smallest absolute Gasteiger partial charge is 0.334 e. The lowest BCUT2D eigenvalue weighted by Gasteiger charge is -2.22. The molecule has 1 aromatic heterocycles. The van der Waals surface area contributed by atoms with Crippen molar-refractivity contribution >= 4 is 11.5 Å². The SMILES string of the molecule is CC(C)c1nn(C)c(NCC2CC3CCC2C3)c1[N+](=O)[O-]. The van der Waals surface area contributed by atoms with Gasteiger partial charge in [-0.15, -0.1) is 0 Å². The van der Waals surface area contributed by atoms with Crippen molar-refractivity contribution in [3.05, 3.63) is 15.8 Å². The first-order chi connectivity index (χ1) is 9.97. The number of nitrogens with zero attached hydrogens (tertiary/aromatic N) is 3. The number of rotatable bonds is 5. The molecule has 3 atom stereocenters. The molecular weight excluding hydrogens is 268 g/mol. The van der Waals surface area contributed by atoms with Gasteiger partial charge in [0.15, 0.2) is 0 Å². The van der Waals surface area contributed by atoms with E-state index < -0.39 is 0 Å². The maximum Gasteiger partial charge on any atom is 0.334 e. The molecule has 6 nitrogen and oxygen atoms in total. The Morgan fingerprint density at radius 2 is 2.19 bits per heavy atom. The van der Waals surface area contributed by atoms with Gasteiger partial charge in [0.1, 0.15) is 5.69 Å². The summed E-state index contributed by atoms with van der Waals surface area (Å²) in [6, 6.07) is 0. The van der Waals surface area contributed by atoms with Crippen LogP contribution in [0.3, 0.4) is 0 Å². The van der Waals surface area contributed by atoms with Crippen LogP contribution in [0.25, 0.3) is 0 Å². The monoisotopic (exact) mass is 292 g/mol. The van der Waals surface area contributed by atoms with Crippen molar-refractivity contribution < 1.29 is 4.92 Å². The van der Waals surface area contributed by atoms with Crippen LogP contribution in [0.15, 0.2) is 0 Å². The number of hydrogen-bond acceptors (Lipinski definition) is 4. The third-order valence-electron chi connectivity index (χ3n) is 5.19. The summed E-state index contributed by atoms with van der Waals surface area (Å²) in [7, 11) is 1.78. The quantitative estimate of drug-likeness (QED) is 0.667. The molecule has 116 valence electrons. The number of nitrogens with one attached hydrogen (secondary N) is 1. The van der Waals surface area contributed by atoms with E-state index in [-0.39, 0.29) is 16.5 Å². The van der Waals surface area contributed by atoms with Crippen LogP contribution < -0.4 is 5.32 Å². The fourth-order valence-corrected chi connectivity index (χ4v) is 4.15. The molecule has 21 heavy (non-hydrogen) atoms. The van der Waals surface area contributed by atoms with Gasteiger partial charge < -0.3 is 5.32 Å². The minimum Gasteiger partial charge on any atom is -0.364 e. The van der Waals surface area contributed by atoms with Gasteiger partial charge in [-0.1, -0.05) is 20.3 Å². The van der Waals surface area contributed by atoms with Crippen LogP contribution >= 0.6 is 0 Å². The van der Waals surface area contributed by atoms with E-state index in [1.165, 1.54) is 25.7 Å². The Bertz CT molecular complexity index is 552. The maximum atomic E-state index is 11.4. The molecule has 6 heteroatoms. The number of anilines is 1. The van der Waals surface area contributed by atoms with Crippen molar-refractivity contribution in [3.63, 3.8) is 0 Å².